The predicted molar refractivity (Wildman–Crippen MR) is 97.1 cm³/mol. The van der Waals surface area contributed by atoms with Gasteiger partial charge >= 0.3 is 0 Å². The molecule has 2 aromatic carbocycles. The number of carbonyl (C=O) groups is 1. The average Bonchev–Trinajstić information content (AvgIpc) is 2.49. The van der Waals surface area contributed by atoms with Gasteiger partial charge in [0.15, 0.2) is 0 Å². The smallest absolute Gasteiger partial charge is 0.244 e. The molecule has 114 valence electrons. The van der Waals surface area contributed by atoms with Crippen LogP contribution in [0.2, 0.25) is 0 Å². The average molecular weight is 491 g/mol. The van der Waals surface area contributed by atoms with E-state index in [1.54, 1.807) is 6.07 Å². The third-order valence-electron chi connectivity index (χ3n) is 2.77. The first-order valence-electron chi connectivity index (χ1n) is 6.21. The fourth-order valence-electron chi connectivity index (χ4n) is 1.70. The number of carbonyl (C=O) groups excluding carboxylic acids is 1. The van der Waals surface area contributed by atoms with E-state index in [9.17, 15) is 9.90 Å². The Labute approximate surface area is 153 Å². The van der Waals surface area contributed by atoms with Crippen LogP contribution >= 0.6 is 47.8 Å². The van der Waals surface area contributed by atoms with E-state index < -0.39 is 0 Å². The molecule has 0 unspecified atom stereocenters. The van der Waals surface area contributed by atoms with E-state index in [2.05, 4.69) is 58.3 Å². The molecule has 22 heavy (non-hydrogen) atoms. The zero-order valence-corrected chi connectivity index (χ0v) is 15.9. The van der Waals surface area contributed by atoms with Crippen LogP contribution in [-0.4, -0.2) is 17.2 Å². The highest BCUT2D eigenvalue weighted by Gasteiger charge is 2.12. The molecule has 1 amide bonds. The molecule has 0 spiro atoms. The number of phenols is 1. The first kappa shape index (κ1) is 17.2. The molecule has 0 heterocycles. The predicted octanol–water partition coefficient (Wildman–Crippen LogP) is 4.37. The van der Waals surface area contributed by atoms with Crippen LogP contribution in [0.5, 0.6) is 5.75 Å². The molecule has 0 aromatic heterocycles. The van der Waals surface area contributed by atoms with Crippen molar-refractivity contribution < 1.29 is 9.90 Å². The first-order chi connectivity index (χ1) is 10.5. The third-order valence-corrected chi connectivity index (χ3v) is 4.84. The van der Waals surface area contributed by atoms with E-state index in [0.29, 0.717) is 14.5 Å². The van der Waals surface area contributed by atoms with Crippen molar-refractivity contribution in [3.05, 3.63) is 60.9 Å². The van der Waals surface area contributed by atoms with Gasteiger partial charge in [-0.25, -0.2) is 5.43 Å². The molecule has 7 heteroatoms. The van der Waals surface area contributed by atoms with Crippen molar-refractivity contribution in [2.75, 3.05) is 0 Å². The summed E-state index contributed by atoms with van der Waals surface area (Å²) in [5.41, 5.74) is 4.00. The Morgan fingerprint density at radius 3 is 2.55 bits per heavy atom. The topological polar surface area (TPSA) is 61.7 Å². The maximum Gasteiger partial charge on any atom is 0.244 e. The van der Waals surface area contributed by atoms with E-state index in [1.165, 1.54) is 6.21 Å². The highest BCUT2D eigenvalue weighted by atomic mass is 79.9. The minimum Gasteiger partial charge on any atom is -0.506 e. The fraction of sp³-hybridized carbons (Fsp3) is 0.0667. The minimum absolute atomic E-state index is 0.0697. The molecule has 0 aliphatic heterocycles. The number of halogens is 3. The molecule has 0 fully saturated rings. The Hall–Kier alpha value is -1.18. The van der Waals surface area contributed by atoms with E-state index in [-0.39, 0.29) is 18.1 Å². The highest BCUT2D eigenvalue weighted by Crippen LogP contribution is 2.38. The molecule has 0 radical (unpaired) electrons. The molecule has 0 aliphatic carbocycles. The Kier molecular flexibility index (Phi) is 6.16. The highest BCUT2D eigenvalue weighted by molar-refractivity contribution is 9.11. The Morgan fingerprint density at radius 1 is 1.18 bits per heavy atom. The van der Waals surface area contributed by atoms with Gasteiger partial charge in [0, 0.05) is 10.0 Å². The lowest BCUT2D eigenvalue weighted by Crippen LogP contribution is -2.19. The molecule has 0 bridgehead atoms. The maximum atomic E-state index is 11.8. The molecule has 2 rings (SSSR count). The van der Waals surface area contributed by atoms with Crippen molar-refractivity contribution in [2.45, 2.75) is 6.42 Å². The van der Waals surface area contributed by atoms with Crippen LogP contribution in [0, 0.1) is 0 Å². The monoisotopic (exact) mass is 488 g/mol. The number of phenolic OH excluding ortho intramolecular Hbond substituents is 1. The van der Waals surface area contributed by atoms with Crippen molar-refractivity contribution in [3.63, 3.8) is 0 Å². The van der Waals surface area contributed by atoms with Crippen molar-refractivity contribution in [2.24, 2.45) is 5.10 Å². The summed E-state index contributed by atoms with van der Waals surface area (Å²) in [6, 6.07) is 11.1. The summed E-state index contributed by atoms with van der Waals surface area (Å²) in [4.78, 5) is 11.8. The molecular weight excluding hydrogens is 480 g/mol. The number of hydrogen-bond donors (Lipinski definition) is 2. The van der Waals surface area contributed by atoms with Crippen LogP contribution in [-0.2, 0) is 11.2 Å². The largest absolute Gasteiger partial charge is 0.506 e. The van der Waals surface area contributed by atoms with Gasteiger partial charge in [0.25, 0.3) is 0 Å². The number of nitrogens with one attached hydrogen (secondary N) is 1. The second-order valence-electron chi connectivity index (χ2n) is 4.37. The Balaban J connectivity index is 2.04. The summed E-state index contributed by atoms with van der Waals surface area (Å²) in [5.74, 6) is -0.142. The number of rotatable bonds is 4. The van der Waals surface area contributed by atoms with Crippen LogP contribution in [0.15, 0.2) is 54.9 Å². The third kappa shape index (κ3) is 4.41. The Morgan fingerprint density at radius 2 is 1.86 bits per heavy atom. The van der Waals surface area contributed by atoms with Gasteiger partial charge in [-0.05, 0) is 43.5 Å². The van der Waals surface area contributed by atoms with Crippen molar-refractivity contribution in [3.8, 4) is 5.75 Å². The maximum absolute atomic E-state index is 11.8. The van der Waals surface area contributed by atoms with Crippen molar-refractivity contribution in [1.29, 1.82) is 0 Å². The number of nitrogens with zero attached hydrogens (tertiary/aromatic N) is 1. The summed E-state index contributed by atoms with van der Waals surface area (Å²) in [6.45, 7) is 0. The van der Waals surface area contributed by atoms with Gasteiger partial charge in [-0.2, -0.15) is 5.10 Å². The quantitative estimate of drug-likeness (QED) is 0.494. The van der Waals surface area contributed by atoms with Gasteiger partial charge in [0.1, 0.15) is 5.75 Å². The van der Waals surface area contributed by atoms with Crippen LogP contribution in [0.25, 0.3) is 0 Å². The van der Waals surface area contributed by atoms with E-state index >= 15 is 0 Å². The zero-order valence-electron chi connectivity index (χ0n) is 11.2. The summed E-state index contributed by atoms with van der Waals surface area (Å²) < 4.78 is 1.76. The molecule has 0 atom stereocenters. The van der Waals surface area contributed by atoms with E-state index in [1.807, 2.05) is 30.3 Å². The first-order valence-corrected chi connectivity index (χ1v) is 8.59. The standard InChI is InChI=1S/C15H11Br3N2O2/c16-11-7-12(17)15(22)14(18)10(11)8-19-20-13(21)6-9-4-2-1-3-5-9/h1-5,7-8,22H,6H2,(H,20,21)/b19-8+. The van der Waals surface area contributed by atoms with Gasteiger partial charge in [0.2, 0.25) is 5.91 Å². The molecule has 4 nitrogen and oxygen atoms in total. The molecule has 2 aromatic rings. The molecule has 0 saturated carbocycles. The van der Waals surface area contributed by atoms with Crippen LogP contribution in [0.4, 0.5) is 0 Å². The number of aromatic hydroxyl groups is 1. The second kappa shape index (κ2) is 7.89. The molecular formula is C15H11Br3N2O2. The normalized spacial score (nSPS) is 10.9. The van der Waals surface area contributed by atoms with E-state index in [0.717, 1.165) is 10.0 Å². The lowest BCUT2D eigenvalue weighted by Gasteiger charge is -2.06. The number of benzene rings is 2. The van der Waals surface area contributed by atoms with Gasteiger partial charge in [0.05, 0.1) is 21.6 Å². The van der Waals surface area contributed by atoms with Crippen molar-refractivity contribution in [1.82, 2.24) is 5.43 Å². The second-order valence-corrected chi connectivity index (χ2v) is 6.87. The summed E-state index contributed by atoms with van der Waals surface area (Å²) >= 11 is 9.90. The van der Waals surface area contributed by atoms with Gasteiger partial charge in [-0.15, -0.1) is 0 Å². The lowest BCUT2D eigenvalue weighted by molar-refractivity contribution is -0.120. The molecule has 0 saturated heterocycles. The number of hydrogen-bond acceptors (Lipinski definition) is 3. The number of hydrazone groups is 1. The van der Waals surface area contributed by atoms with Crippen LogP contribution in [0.3, 0.4) is 0 Å². The lowest BCUT2D eigenvalue weighted by atomic mass is 10.1. The van der Waals surface area contributed by atoms with Gasteiger partial charge in [-0.1, -0.05) is 46.3 Å². The van der Waals surface area contributed by atoms with Gasteiger partial charge in [-0.3, -0.25) is 4.79 Å². The van der Waals surface area contributed by atoms with Crippen LogP contribution < -0.4 is 5.43 Å². The zero-order chi connectivity index (χ0) is 16.1. The van der Waals surface area contributed by atoms with Crippen LogP contribution in [0.1, 0.15) is 11.1 Å². The SMILES string of the molecule is O=C(Cc1ccccc1)N/N=C/c1c(Br)cc(Br)c(O)c1Br. The fourth-order valence-corrected chi connectivity index (χ4v) is 4.03. The summed E-state index contributed by atoms with van der Waals surface area (Å²) in [6.07, 6.45) is 1.72. The van der Waals surface area contributed by atoms with Crippen molar-refractivity contribution >= 4 is 59.9 Å². The summed E-state index contributed by atoms with van der Waals surface area (Å²) in [7, 11) is 0. The summed E-state index contributed by atoms with van der Waals surface area (Å²) in [5, 5.41) is 13.8. The van der Waals surface area contributed by atoms with E-state index in [4.69, 9.17) is 0 Å². The van der Waals surface area contributed by atoms with Gasteiger partial charge < -0.3 is 5.11 Å². The number of amides is 1. The Bertz CT molecular complexity index is 718. The minimum atomic E-state index is -0.212. The molecule has 2 N–H and O–H groups in total. The molecule has 0 aliphatic rings.